The van der Waals surface area contributed by atoms with Crippen molar-refractivity contribution in [1.29, 1.82) is 0 Å². The number of carbonyl (C=O) groups excluding carboxylic acids is 1. The van der Waals surface area contributed by atoms with E-state index in [1.54, 1.807) is 18.2 Å². The molecule has 2 heterocycles. The molecule has 5 rings (SSSR count). The summed E-state index contributed by atoms with van der Waals surface area (Å²) in [5.41, 5.74) is 5.98. The van der Waals surface area contributed by atoms with E-state index in [1.807, 2.05) is 41.3 Å². The van der Waals surface area contributed by atoms with Crippen LogP contribution in [0.4, 0.5) is 10.1 Å². The lowest BCUT2D eigenvalue weighted by Crippen LogP contribution is -2.49. The summed E-state index contributed by atoms with van der Waals surface area (Å²) in [7, 11) is 1.65. The molecule has 7 heteroatoms. The maximum absolute atomic E-state index is 14.2. The van der Waals surface area contributed by atoms with Gasteiger partial charge in [0.2, 0.25) is 0 Å². The van der Waals surface area contributed by atoms with Crippen LogP contribution in [0.5, 0.6) is 5.75 Å². The number of hydrazone groups is 1. The molecule has 1 fully saturated rings. The number of rotatable bonds is 6. The van der Waals surface area contributed by atoms with E-state index < -0.39 is 0 Å². The van der Waals surface area contributed by atoms with Crippen LogP contribution in [-0.2, 0) is 4.79 Å². The second kappa shape index (κ2) is 10.7. The predicted molar refractivity (Wildman–Crippen MR) is 145 cm³/mol. The molecule has 0 radical (unpaired) electrons. The highest BCUT2D eigenvalue weighted by atomic mass is 19.1. The van der Waals surface area contributed by atoms with Crippen LogP contribution in [0.3, 0.4) is 0 Å². The summed E-state index contributed by atoms with van der Waals surface area (Å²) in [6.45, 7) is 7.19. The smallest absolute Gasteiger partial charge is 0.257 e. The van der Waals surface area contributed by atoms with Gasteiger partial charge in [-0.3, -0.25) is 9.69 Å². The molecular formula is C30H33FN4O2. The predicted octanol–water partition coefficient (Wildman–Crippen LogP) is 4.95. The van der Waals surface area contributed by atoms with E-state index in [9.17, 15) is 9.18 Å². The molecule has 1 atom stereocenters. The van der Waals surface area contributed by atoms with Crippen molar-refractivity contribution in [3.05, 3.63) is 94.8 Å². The van der Waals surface area contributed by atoms with Gasteiger partial charge in [-0.25, -0.2) is 9.40 Å². The largest absolute Gasteiger partial charge is 0.497 e. The molecule has 6 nitrogen and oxygen atoms in total. The first-order valence-electron chi connectivity index (χ1n) is 12.8. The van der Waals surface area contributed by atoms with Crippen LogP contribution in [0.15, 0.2) is 71.8 Å². The van der Waals surface area contributed by atoms with Gasteiger partial charge >= 0.3 is 0 Å². The molecule has 3 aromatic rings. The molecule has 1 saturated heterocycles. The number of ether oxygens (including phenoxy) is 1. The minimum absolute atomic E-state index is 0.0205. The van der Waals surface area contributed by atoms with E-state index in [-0.39, 0.29) is 24.3 Å². The lowest BCUT2D eigenvalue weighted by atomic mass is 9.94. The quantitative estimate of drug-likeness (QED) is 0.481. The Hall–Kier alpha value is -3.71. The first kappa shape index (κ1) is 25.0. The first-order chi connectivity index (χ1) is 17.9. The molecule has 3 aromatic carbocycles. The Morgan fingerprint density at radius 3 is 2.41 bits per heavy atom. The summed E-state index contributed by atoms with van der Waals surface area (Å²) in [4.78, 5) is 17.8. The topological polar surface area (TPSA) is 48.4 Å². The van der Waals surface area contributed by atoms with Gasteiger partial charge in [0.1, 0.15) is 11.6 Å². The maximum atomic E-state index is 14.2. The van der Waals surface area contributed by atoms with Crippen LogP contribution < -0.4 is 9.64 Å². The average molecular weight is 501 g/mol. The number of hydrogen-bond donors (Lipinski definition) is 0. The summed E-state index contributed by atoms with van der Waals surface area (Å²) in [6.07, 6.45) is 0.656. The number of piperazine rings is 1. The van der Waals surface area contributed by atoms with Gasteiger partial charge < -0.3 is 9.64 Å². The van der Waals surface area contributed by atoms with Crippen molar-refractivity contribution in [3.63, 3.8) is 0 Å². The minimum atomic E-state index is -0.208. The number of anilines is 1. The number of methoxy groups -OCH3 is 1. The van der Waals surface area contributed by atoms with E-state index in [0.717, 1.165) is 28.2 Å². The Bertz CT molecular complexity index is 1300. The fraction of sp³-hybridized carbons (Fsp3) is 0.333. The number of halogens is 1. The van der Waals surface area contributed by atoms with Gasteiger partial charge in [-0.05, 0) is 66.9 Å². The molecule has 2 aliphatic heterocycles. The Balaban J connectivity index is 1.33. The van der Waals surface area contributed by atoms with Crippen molar-refractivity contribution in [2.45, 2.75) is 26.3 Å². The van der Waals surface area contributed by atoms with Crippen LogP contribution >= 0.6 is 0 Å². The Morgan fingerprint density at radius 1 is 1.00 bits per heavy atom. The summed E-state index contributed by atoms with van der Waals surface area (Å²) >= 11 is 0. The lowest BCUT2D eigenvalue weighted by Gasteiger charge is -2.36. The zero-order valence-corrected chi connectivity index (χ0v) is 21.7. The highest BCUT2D eigenvalue weighted by Crippen LogP contribution is 2.35. The van der Waals surface area contributed by atoms with Gasteiger partial charge in [0.25, 0.3) is 5.91 Å². The molecule has 0 saturated carbocycles. The summed E-state index contributed by atoms with van der Waals surface area (Å²) in [5, 5.41) is 6.53. The fourth-order valence-electron chi connectivity index (χ4n) is 5.26. The van der Waals surface area contributed by atoms with Crippen molar-refractivity contribution in [2.24, 2.45) is 5.10 Å². The molecule has 37 heavy (non-hydrogen) atoms. The molecule has 0 spiro atoms. The van der Waals surface area contributed by atoms with Gasteiger partial charge in [-0.2, -0.15) is 5.10 Å². The van der Waals surface area contributed by atoms with E-state index in [2.05, 4.69) is 36.9 Å². The number of benzene rings is 3. The highest BCUT2D eigenvalue weighted by molar-refractivity contribution is 6.03. The fourth-order valence-corrected chi connectivity index (χ4v) is 5.26. The van der Waals surface area contributed by atoms with E-state index in [0.29, 0.717) is 38.3 Å². The van der Waals surface area contributed by atoms with Gasteiger partial charge in [0.15, 0.2) is 0 Å². The van der Waals surface area contributed by atoms with E-state index >= 15 is 0 Å². The van der Waals surface area contributed by atoms with Crippen LogP contribution in [0, 0.1) is 19.7 Å². The Morgan fingerprint density at radius 2 is 1.73 bits per heavy atom. The average Bonchev–Trinajstić information content (AvgIpc) is 3.35. The van der Waals surface area contributed by atoms with Crippen molar-refractivity contribution in [1.82, 2.24) is 9.91 Å². The van der Waals surface area contributed by atoms with Crippen LogP contribution in [0.1, 0.15) is 34.7 Å². The normalized spacial score (nSPS) is 18.2. The number of amides is 1. The molecule has 0 unspecified atom stereocenters. The molecule has 0 aliphatic carbocycles. The third kappa shape index (κ3) is 5.37. The zero-order valence-electron chi connectivity index (χ0n) is 21.7. The summed E-state index contributed by atoms with van der Waals surface area (Å²) < 4.78 is 19.5. The maximum Gasteiger partial charge on any atom is 0.257 e. The molecule has 2 aliphatic rings. The number of carbonyl (C=O) groups is 1. The number of hydrogen-bond acceptors (Lipinski definition) is 5. The van der Waals surface area contributed by atoms with E-state index in [4.69, 9.17) is 9.84 Å². The molecule has 0 bridgehead atoms. The van der Waals surface area contributed by atoms with Gasteiger partial charge in [0, 0.05) is 32.6 Å². The molecule has 1 amide bonds. The van der Waals surface area contributed by atoms with Crippen LogP contribution in [0.25, 0.3) is 0 Å². The number of aryl methyl sites for hydroxylation is 2. The first-order valence-corrected chi connectivity index (χ1v) is 12.8. The summed E-state index contributed by atoms with van der Waals surface area (Å²) in [5.74, 6) is 0.560. The summed E-state index contributed by atoms with van der Waals surface area (Å²) in [6, 6.07) is 20.9. The standard InChI is InChI=1S/C30H33FN4O2/c1-21-8-13-25(22(2)18-21)29-19-27(23-9-11-24(37-3)12-10-23)32-35(29)30(36)20-33-14-16-34(17-15-33)28-7-5-4-6-26(28)31/h4-13,18,29H,14-17,19-20H2,1-3H3/t29-/m0/s1. The second-order valence-electron chi connectivity index (χ2n) is 9.81. The molecule has 0 N–H and O–H groups in total. The Kier molecular flexibility index (Phi) is 7.24. The van der Waals surface area contributed by atoms with Crippen LogP contribution in [0.2, 0.25) is 0 Å². The number of nitrogens with zero attached hydrogens (tertiary/aromatic N) is 4. The SMILES string of the molecule is COc1ccc(C2=NN(C(=O)CN3CCN(c4ccccc4F)CC3)[C@H](c3ccc(C)cc3C)C2)cc1. The van der Waals surface area contributed by atoms with E-state index in [1.165, 1.54) is 11.6 Å². The van der Waals surface area contributed by atoms with Gasteiger partial charge in [-0.15, -0.1) is 0 Å². The van der Waals surface area contributed by atoms with Crippen molar-refractivity contribution < 1.29 is 13.9 Å². The van der Waals surface area contributed by atoms with Crippen molar-refractivity contribution >= 4 is 17.3 Å². The number of para-hydroxylation sites is 1. The third-order valence-corrected chi connectivity index (χ3v) is 7.30. The Labute approximate surface area is 217 Å². The minimum Gasteiger partial charge on any atom is -0.497 e. The van der Waals surface area contributed by atoms with Crippen molar-refractivity contribution in [3.8, 4) is 5.75 Å². The van der Waals surface area contributed by atoms with Gasteiger partial charge in [0.05, 0.1) is 31.1 Å². The lowest BCUT2D eigenvalue weighted by molar-refractivity contribution is -0.134. The second-order valence-corrected chi connectivity index (χ2v) is 9.81. The highest BCUT2D eigenvalue weighted by Gasteiger charge is 2.35. The molecular weight excluding hydrogens is 467 g/mol. The monoisotopic (exact) mass is 500 g/mol. The van der Waals surface area contributed by atoms with Crippen LogP contribution in [-0.4, -0.2) is 61.4 Å². The molecule has 192 valence electrons. The third-order valence-electron chi connectivity index (χ3n) is 7.30. The van der Waals surface area contributed by atoms with Crippen molar-refractivity contribution in [2.75, 3.05) is 44.7 Å². The van der Waals surface area contributed by atoms with Gasteiger partial charge in [-0.1, -0.05) is 35.9 Å². The molecule has 0 aromatic heterocycles. The zero-order chi connectivity index (χ0) is 25.9.